The molecular formula is C23H26BN3O4. The molecule has 0 radical (unpaired) electrons. The van der Waals surface area contributed by atoms with E-state index >= 15 is 0 Å². The third kappa shape index (κ3) is 7.74. The molecule has 0 saturated carbocycles. The fourth-order valence-electron chi connectivity index (χ4n) is 3.02. The number of benzene rings is 2. The lowest BCUT2D eigenvalue weighted by molar-refractivity contribution is -0.124. The Kier molecular flexibility index (Phi) is 9.01. The van der Waals surface area contributed by atoms with E-state index in [2.05, 4.69) is 5.32 Å². The molecular weight excluding hydrogens is 393 g/mol. The molecule has 0 aliphatic carbocycles. The fourth-order valence-corrected chi connectivity index (χ4v) is 3.02. The van der Waals surface area contributed by atoms with E-state index in [0.29, 0.717) is 18.4 Å². The van der Waals surface area contributed by atoms with Crippen LogP contribution in [0, 0.1) is 11.3 Å². The van der Waals surface area contributed by atoms with Crippen molar-refractivity contribution in [1.82, 2.24) is 10.2 Å². The maximum absolute atomic E-state index is 12.4. The Morgan fingerprint density at radius 3 is 2.42 bits per heavy atom. The minimum Gasteiger partial charge on any atom is -0.426 e. The summed E-state index contributed by atoms with van der Waals surface area (Å²) in [5.74, 6) is -1.48. The summed E-state index contributed by atoms with van der Waals surface area (Å²) in [5.41, 5.74) is 2.47. The number of likely N-dealkylation sites (N-methyl/N-ethyl adjacent to an activating group) is 1. The van der Waals surface area contributed by atoms with Gasteiger partial charge in [-0.1, -0.05) is 54.6 Å². The van der Waals surface area contributed by atoms with E-state index < -0.39 is 13.1 Å². The van der Waals surface area contributed by atoms with Gasteiger partial charge in [0.25, 0.3) is 5.91 Å². The maximum atomic E-state index is 12.4. The van der Waals surface area contributed by atoms with Gasteiger partial charge in [0.2, 0.25) is 5.91 Å². The number of carbonyl (C=O) groups is 2. The lowest BCUT2D eigenvalue weighted by Gasteiger charge is -2.18. The van der Waals surface area contributed by atoms with Gasteiger partial charge >= 0.3 is 7.12 Å². The molecule has 8 heteroatoms. The molecule has 0 spiro atoms. The van der Waals surface area contributed by atoms with Gasteiger partial charge in [0.05, 0.1) is 5.94 Å². The summed E-state index contributed by atoms with van der Waals surface area (Å²) in [4.78, 5) is 25.7. The standard InChI is InChI=1S/C23H26BN3O4/c1-27(2)23(29)20(16-25)14-19-10-6-9-18(13-19)11-12-22(28)26-21(24(30)31)15-17-7-4-3-5-8-17/h3-10,13-14,21,30-31H,11-12,15H2,1-2H3,(H,26,28). The number of carbonyl (C=O) groups excluding carboxylic acids is 2. The zero-order chi connectivity index (χ0) is 22.8. The van der Waals surface area contributed by atoms with Crippen molar-refractivity contribution in [3.63, 3.8) is 0 Å². The first-order valence-electron chi connectivity index (χ1n) is 9.92. The number of hydrogen-bond acceptors (Lipinski definition) is 5. The fraction of sp³-hybridized carbons (Fsp3) is 0.261. The Morgan fingerprint density at radius 2 is 1.81 bits per heavy atom. The number of aryl methyl sites for hydroxylation is 1. The van der Waals surface area contributed by atoms with E-state index in [0.717, 1.165) is 11.1 Å². The Bertz CT molecular complexity index is 968. The van der Waals surface area contributed by atoms with Crippen LogP contribution in [0.4, 0.5) is 0 Å². The minimum absolute atomic E-state index is 0.0283. The second kappa shape index (κ2) is 11.7. The van der Waals surface area contributed by atoms with Gasteiger partial charge in [-0.2, -0.15) is 5.26 Å². The van der Waals surface area contributed by atoms with Gasteiger partial charge in [-0.25, -0.2) is 0 Å². The molecule has 2 aromatic rings. The molecule has 0 bridgehead atoms. The van der Waals surface area contributed by atoms with Gasteiger partial charge < -0.3 is 20.3 Å². The summed E-state index contributed by atoms with van der Waals surface area (Å²) in [6, 6.07) is 18.4. The second-order valence-corrected chi connectivity index (χ2v) is 7.39. The highest BCUT2D eigenvalue weighted by Gasteiger charge is 2.25. The van der Waals surface area contributed by atoms with Crippen molar-refractivity contribution in [2.75, 3.05) is 14.1 Å². The molecule has 0 aliphatic heterocycles. The summed E-state index contributed by atoms with van der Waals surface area (Å²) in [6.45, 7) is 0. The summed E-state index contributed by atoms with van der Waals surface area (Å²) < 4.78 is 0. The number of nitrogens with zero attached hydrogens (tertiary/aromatic N) is 2. The number of rotatable bonds is 9. The van der Waals surface area contributed by atoms with Crippen LogP contribution in [0.5, 0.6) is 0 Å². The average Bonchev–Trinajstić information content (AvgIpc) is 2.76. The second-order valence-electron chi connectivity index (χ2n) is 7.39. The minimum atomic E-state index is -1.67. The molecule has 0 fully saturated rings. The van der Waals surface area contributed by atoms with E-state index in [9.17, 15) is 24.9 Å². The Hall–Kier alpha value is -3.41. The largest absolute Gasteiger partial charge is 0.475 e. The highest BCUT2D eigenvalue weighted by Crippen LogP contribution is 2.13. The van der Waals surface area contributed by atoms with E-state index in [4.69, 9.17) is 0 Å². The summed E-state index contributed by atoms with van der Waals surface area (Å²) in [6.07, 6.45) is 2.41. The third-order valence-corrected chi connectivity index (χ3v) is 4.66. The first kappa shape index (κ1) is 23.9. The third-order valence-electron chi connectivity index (χ3n) is 4.66. The van der Waals surface area contributed by atoms with E-state index in [1.165, 1.54) is 11.0 Å². The zero-order valence-corrected chi connectivity index (χ0v) is 17.7. The molecule has 7 nitrogen and oxygen atoms in total. The van der Waals surface area contributed by atoms with Crippen LogP contribution in [-0.2, 0) is 22.4 Å². The van der Waals surface area contributed by atoms with Crippen molar-refractivity contribution in [2.45, 2.75) is 25.2 Å². The van der Waals surface area contributed by atoms with Gasteiger partial charge in [-0.3, -0.25) is 9.59 Å². The molecule has 0 saturated heterocycles. The van der Waals surface area contributed by atoms with Gasteiger partial charge in [-0.15, -0.1) is 0 Å². The van der Waals surface area contributed by atoms with Crippen molar-refractivity contribution >= 4 is 25.0 Å². The van der Waals surface area contributed by atoms with Crippen LogP contribution >= 0.6 is 0 Å². The Labute approximate surface area is 182 Å². The van der Waals surface area contributed by atoms with Crippen LogP contribution in [0.1, 0.15) is 23.1 Å². The van der Waals surface area contributed by atoms with Gasteiger partial charge in [0.15, 0.2) is 0 Å². The average molecular weight is 419 g/mol. The molecule has 1 atom stereocenters. The number of amides is 2. The normalized spacial score (nSPS) is 11.9. The van der Waals surface area contributed by atoms with E-state index in [-0.39, 0.29) is 23.8 Å². The van der Waals surface area contributed by atoms with Gasteiger partial charge in [-0.05, 0) is 35.6 Å². The van der Waals surface area contributed by atoms with E-state index in [1.54, 1.807) is 26.2 Å². The lowest BCUT2D eigenvalue weighted by Crippen LogP contribution is -2.47. The molecule has 0 aliphatic rings. The lowest BCUT2D eigenvalue weighted by atomic mass is 9.76. The highest BCUT2D eigenvalue weighted by atomic mass is 16.4. The molecule has 2 rings (SSSR count). The van der Waals surface area contributed by atoms with Crippen molar-refractivity contribution < 1.29 is 19.6 Å². The Morgan fingerprint density at radius 1 is 1.13 bits per heavy atom. The van der Waals surface area contributed by atoms with Crippen LogP contribution in [0.15, 0.2) is 60.2 Å². The first-order chi connectivity index (χ1) is 14.8. The number of nitrogens with one attached hydrogen (secondary N) is 1. The van der Waals surface area contributed by atoms with Crippen molar-refractivity contribution in [3.8, 4) is 6.07 Å². The molecule has 2 amide bonds. The van der Waals surface area contributed by atoms with E-state index in [1.807, 2.05) is 48.5 Å². The van der Waals surface area contributed by atoms with Crippen LogP contribution in [0.25, 0.3) is 6.08 Å². The zero-order valence-electron chi connectivity index (χ0n) is 17.7. The number of nitriles is 1. The van der Waals surface area contributed by atoms with Crippen molar-refractivity contribution in [1.29, 1.82) is 5.26 Å². The molecule has 2 aromatic carbocycles. The molecule has 1 unspecified atom stereocenters. The quantitative estimate of drug-likeness (QED) is 0.323. The molecule has 160 valence electrons. The van der Waals surface area contributed by atoms with Crippen LogP contribution < -0.4 is 5.32 Å². The molecule has 0 heterocycles. The summed E-state index contributed by atoms with van der Waals surface area (Å²) >= 11 is 0. The van der Waals surface area contributed by atoms with Crippen molar-refractivity contribution in [3.05, 3.63) is 76.9 Å². The number of hydrogen-bond donors (Lipinski definition) is 3. The monoisotopic (exact) mass is 419 g/mol. The molecule has 0 aromatic heterocycles. The van der Waals surface area contributed by atoms with Gasteiger partial charge in [0, 0.05) is 20.5 Å². The smallest absolute Gasteiger partial charge is 0.426 e. The predicted molar refractivity (Wildman–Crippen MR) is 119 cm³/mol. The van der Waals surface area contributed by atoms with Crippen LogP contribution in [0.3, 0.4) is 0 Å². The SMILES string of the molecule is CN(C)C(=O)C(C#N)=Cc1cccc(CCC(=O)NC(Cc2ccccc2)B(O)O)c1. The first-order valence-corrected chi connectivity index (χ1v) is 9.92. The van der Waals surface area contributed by atoms with Crippen LogP contribution in [-0.4, -0.2) is 53.9 Å². The van der Waals surface area contributed by atoms with Gasteiger partial charge in [0.1, 0.15) is 11.6 Å². The summed E-state index contributed by atoms with van der Waals surface area (Å²) in [5, 5.41) is 31.1. The predicted octanol–water partition coefficient (Wildman–Crippen LogP) is 1.35. The maximum Gasteiger partial charge on any atom is 0.475 e. The van der Waals surface area contributed by atoms with Crippen molar-refractivity contribution in [2.24, 2.45) is 0 Å². The Balaban J connectivity index is 1.99. The molecule has 3 N–H and O–H groups in total. The summed E-state index contributed by atoms with van der Waals surface area (Å²) in [7, 11) is 1.49. The highest BCUT2D eigenvalue weighted by molar-refractivity contribution is 6.43. The molecule has 31 heavy (non-hydrogen) atoms. The van der Waals surface area contributed by atoms with Crippen LogP contribution in [0.2, 0.25) is 0 Å². The topological polar surface area (TPSA) is 114 Å².